The molecule has 0 spiro atoms. The van der Waals surface area contributed by atoms with Crippen LogP contribution in [0.1, 0.15) is 18.6 Å². The van der Waals surface area contributed by atoms with Gasteiger partial charge in [0.2, 0.25) is 5.82 Å². The van der Waals surface area contributed by atoms with Crippen LogP contribution in [0.5, 0.6) is 0 Å². The Hall–Kier alpha value is -1.04. The summed E-state index contributed by atoms with van der Waals surface area (Å²) in [4.78, 5) is 3.22. The van der Waals surface area contributed by atoms with Gasteiger partial charge >= 0.3 is 5.92 Å². The topological polar surface area (TPSA) is 59.2 Å². The van der Waals surface area contributed by atoms with Gasteiger partial charge in [0.05, 0.1) is 0 Å². The molecule has 62 valence electrons. The molecule has 1 heterocycles. The van der Waals surface area contributed by atoms with Crippen LogP contribution in [0.25, 0.3) is 0 Å². The molecule has 1 aromatic rings. The molecule has 1 N–H and O–H groups in total. The molecule has 0 saturated heterocycles. The maximum Gasteiger partial charge on any atom is 0.307 e. The Labute approximate surface area is 60.8 Å². The molecule has 0 fully saturated rings. The Morgan fingerprint density at radius 3 is 2.55 bits per heavy atom. The highest BCUT2D eigenvalue weighted by atomic mass is 19.3. The molecule has 6 heteroatoms. The number of alkyl halides is 2. The van der Waals surface area contributed by atoms with Crippen LogP contribution in [0.3, 0.4) is 0 Å². The van der Waals surface area contributed by atoms with Crippen molar-refractivity contribution in [2.75, 3.05) is 0 Å². The highest BCUT2D eigenvalue weighted by molar-refractivity contribution is 4.92. The van der Waals surface area contributed by atoms with Crippen LogP contribution in [0.2, 0.25) is 0 Å². The second kappa shape index (κ2) is 2.54. The molecule has 1 aromatic heterocycles. The summed E-state index contributed by atoms with van der Waals surface area (Å²) >= 11 is 0. The number of aromatic nitrogens is 2. The van der Waals surface area contributed by atoms with E-state index in [4.69, 9.17) is 5.11 Å². The average molecular weight is 164 g/mol. The quantitative estimate of drug-likeness (QED) is 0.697. The van der Waals surface area contributed by atoms with E-state index in [1.165, 1.54) is 0 Å². The minimum atomic E-state index is -3.11. The van der Waals surface area contributed by atoms with Crippen molar-refractivity contribution in [2.45, 2.75) is 19.5 Å². The van der Waals surface area contributed by atoms with E-state index in [0.29, 0.717) is 6.92 Å². The summed E-state index contributed by atoms with van der Waals surface area (Å²) in [6.07, 6.45) is 0. The molecule has 0 aliphatic carbocycles. The number of halogens is 2. The Bertz CT molecular complexity index is 243. The third kappa shape index (κ3) is 1.70. The van der Waals surface area contributed by atoms with Gasteiger partial charge in [0.25, 0.3) is 5.89 Å². The van der Waals surface area contributed by atoms with E-state index in [1.807, 2.05) is 0 Å². The fourth-order valence-corrected chi connectivity index (χ4v) is 0.497. The molecule has 0 aliphatic heterocycles. The molecule has 0 radical (unpaired) electrons. The second-order valence-corrected chi connectivity index (χ2v) is 2.06. The van der Waals surface area contributed by atoms with E-state index in [2.05, 4.69) is 14.7 Å². The van der Waals surface area contributed by atoms with E-state index in [1.54, 1.807) is 0 Å². The third-order valence-electron chi connectivity index (χ3n) is 0.996. The van der Waals surface area contributed by atoms with Crippen LogP contribution >= 0.6 is 0 Å². The summed E-state index contributed by atoms with van der Waals surface area (Å²) in [5.41, 5.74) is 0. The molecular formula is C5H6F2N2O2. The number of aliphatic hydroxyl groups is 1. The Kier molecular flexibility index (Phi) is 1.86. The van der Waals surface area contributed by atoms with Crippen LogP contribution < -0.4 is 0 Å². The van der Waals surface area contributed by atoms with Gasteiger partial charge in [-0.3, -0.25) is 0 Å². The van der Waals surface area contributed by atoms with Crippen molar-refractivity contribution in [1.82, 2.24) is 10.1 Å². The predicted octanol–water partition coefficient (Wildman–Crippen LogP) is 0.674. The molecule has 11 heavy (non-hydrogen) atoms. The normalized spacial score (nSPS) is 12.0. The van der Waals surface area contributed by atoms with Crippen molar-refractivity contribution >= 4 is 0 Å². The molecule has 0 aliphatic rings. The number of aliphatic hydroxyl groups excluding tert-OH is 1. The van der Waals surface area contributed by atoms with Crippen molar-refractivity contribution in [3.63, 3.8) is 0 Å². The average Bonchev–Trinajstić information content (AvgIpc) is 2.32. The number of hydrogen-bond donors (Lipinski definition) is 1. The number of rotatable bonds is 2. The largest absolute Gasteiger partial charge is 0.387 e. The summed E-state index contributed by atoms with van der Waals surface area (Å²) in [7, 11) is 0. The maximum atomic E-state index is 12.3. The first kappa shape index (κ1) is 8.06. The predicted molar refractivity (Wildman–Crippen MR) is 29.8 cm³/mol. The van der Waals surface area contributed by atoms with Gasteiger partial charge in [0, 0.05) is 6.92 Å². The SMILES string of the molecule is CC(F)(F)c1noc(CO)n1. The minimum absolute atomic E-state index is 0.207. The number of nitrogens with zero attached hydrogens (tertiary/aromatic N) is 2. The van der Waals surface area contributed by atoms with Crippen LogP contribution in [0, 0.1) is 0 Å². The Balaban J connectivity index is 2.89. The van der Waals surface area contributed by atoms with E-state index < -0.39 is 18.4 Å². The third-order valence-corrected chi connectivity index (χ3v) is 0.996. The summed E-state index contributed by atoms with van der Waals surface area (Å²) in [6, 6.07) is 0. The van der Waals surface area contributed by atoms with Gasteiger partial charge in [0.1, 0.15) is 6.61 Å². The van der Waals surface area contributed by atoms with Crippen molar-refractivity contribution in [3.8, 4) is 0 Å². The first-order chi connectivity index (χ1) is 5.04. The van der Waals surface area contributed by atoms with E-state index in [0.717, 1.165) is 0 Å². The molecular weight excluding hydrogens is 158 g/mol. The second-order valence-electron chi connectivity index (χ2n) is 2.06. The maximum absolute atomic E-state index is 12.3. The lowest BCUT2D eigenvalue weighted by Gasteiger charge is -2.00. The summed E-state index contributed by atoms with van der Waals surface area (Å²) in [5, 5.41) is 11.3. The summed E-state index contributed by atoms with van der Waals surface area (Å²) in [5.74, 6) is -4.03. The first-order valence-corrected chi connectivity index (χ1v) is 2.86. The fourth-order valence-electron chi connectivity index (χ4n) is 0.497. The molecule has 0 unspecified atom stereocenters. The van der Waals surface area contributed by atoms with Gasteiger partial charge in [-0.1, -0.05) is 5.16 Å². The van der Waals surface area contributed by atoms with Crippen LogP contribution in [-0.4, -0.2) is 15.2 Å². The lowest BCUT2D eigenvalue weighted by molar-refractivity contribution is 0.00559. The summed E-state index contributed by atoms with van der Waals surface area (Å²) in [6.45, 7) is 0.127. The Morgan fingerprint density at radius 1 is 1.64 bits per heavy atom. The fraction of sp³-hybridized carbons (Fsp3) is 0.600. The van der Waals surface area contributed by atoms with Crippen molar-refractivity contribution in [3.05, 3.63) is 11.7 Å². The first-order valence-electron chi connectivity index (χ1n) is 2.86. The van der Waals surface area contributed by atoms with Crippen LogP contribution in [0.15, 0.2) is 4.52 Å². The molecule has 0 aromatic carbocycles. The van der Waals surface area contributed by atoms with Crippen LogP contribution in [0.4, 0.5) is 8.78 Å². The lowest BCUT2D eigenvalue weighted by atomic mass is 10.4. The standard InChI is InChI=1S/C5H6F2N2O2/c1-5(6,7)4-8-3(2-10)11-9-4/h10H,2H2,1H3. The van der Waals surface area contributed by atoms with Gasteiger partial charge in [-0.25, -0.2) is 0 Å². The van der Waals surface area contributed by atoms with Gasteiger partial charge in [-0.2, -0.15) is 13.8 Å². The van der Waals surface area contributed by atoms with Crippen molar-refractivity contribution in [2.24, 2.45) is 0 Å². The monoisotopic (exact) mass is 164 g/mol. The zero-order valence-corrected chi connectivity index (χ0v) is 5.71. The molecule has 1 rings (SSSR count). The molecule has 0 amide bonds. The van der Waals surface area contributed by atoms with E-state index >= 15 is 0 Å². The smallest absolute Gasteiger partial charge is 0.307 e. The van der Waals surface area contributed by atoms with Crippen molar-refractivity contribution < 1.29 is 18.4 Å². The summed E-state index contributed by atoms with van der Waals surface area (Å²) < 4.78 is 28.9. The highest BCUT2D eigenvalue weighted by Crippen LogP contribution is 2.23. The van der Waals surface area contributed by atoms with Gasteiger partial charge in [-0.15, -0.1) is 0 Å². The van der Waals surface area contributed by atoms with Crippen molar-refractivity contribution in [1.29, 1.82) is 0 Å². The zero-order valence-electron chi connectivity index (χ0n) is 5.71. The van der Waals surface area contributed by atoms with E-state index in [9.17, 15) is 8.78 Å². The molecule has 4 nitrogen and oxygen atoms in total. The zero-order chi connectivity index (χ0) is 8.48. The van der Waals surface area contributed by atoms with Gasteiger partial charge < -0.3 is 9.63 Å². The van der Waals surface area contributed by atoms with Gasteiger partial charge in [-0.05, 0) is 0 Å². The van der Waals surface area contributed by atoms with Crippen LogP contribution in [-0.2, 0) is 12.5 Å². The van der Waals surface area contributed by atoms with Gasteiger partial charge in [0.15, 0.2) is 0 Å². The molecule has 0 atom stereocenters. The Morgan fingerprint density at radius 2 is 2.27 bits per heavy atom. The highest BCUT2D eigenvalue weighted by Gasteiger charge is 2.30. The van der Waals surface area contributed by atoms with E-state index in [-0.39, 0.29) is 5.89 Å². The molecule has 0 bridgehead atoms. The lowest BCUT2D eigenvalue weighted by Crippen LogP contribution is -2.09. The molecule has 0 saturated carbocycles. The number of hydrogen-bond acceptors (Lipinski definition) is 4. The minimum Gasteiger partial charge on any atom is -0.387 e.